The maximum absolute atomic E-state index is 13.5. The highest BCUT2D eigenvalue weighted by atomic mass is 79.9. The van der Waals surface area contributed by atoms with E-state index in [0.29, 0.717) is 0 Å². The van der Waals surface area contributed by atoms with Gasteiger partial charge in [-0.3, -0.25) is 4.98 Å². The molecule has 0 bridgehead atoms. The molecule has 19 heavy (non-hydrogen) atoms. The summed E-state index contributed by atoms with van der Waals surface area (Å²) in [6.45, 7) is 2.97. The molecule has 0 radical (unpaired) electrons. The lowest BCUT2D eigenvalue weighted by atomic mass is 10.00. The van der Waals surface area contributed by atoms with Crippen molar-refractivity contribution in [1.29, 1.82) is 0 Å². The third-order valence-corrected chi connectivity index (χ3v) is 3.61. The molecule has 0 saturated carbocycles. The number of hydrogen-bond donors (Lipinski definition) is 1. The lowest BCUT2D eigenvalue weighted by Crippen LogP contribution is -2.23. The molecule has 0 saturated heterocycles. The molecular formula is C15H16BrFN2. The quantitative estimate of drug-likeness (QED) is 0.897. The largest absolute Gasteiger partial charge is 0.306 e. The molecule has 1 atom stereocenters. The van der Waals surface area contributed by atoms with Crippen molar-refractivity contribution in [2.45, 2.75) is 19.4 Å². The minimum absolute atomic E-state index is 0.0567. The summed E-state index contributed by atoms with van der Waals surface area (Å²) in [5.41, 5.74) is 1.92. The zero-order valence-corrected chi connectivity index (χ0v) is 12.3. The van der Waals surface area contributed by atoms with Gasteiger partial charge in [0.05, 0.1) is 6.04 Å². The van der Waals surface area contributed by atoms with Crippen molar-refractivity contribution in [2.24, 2.45) is 0 Å². The molecule has 4 heteroatoms. The summed E-state index contributed by atoms with van der Waals surface area (Å²) in [5, 5.41) is 3.43. The summed E-state index contributed by atoms with van der Waals surface area (Å²) in [6.07, 6.45) is 4.56. The van der Waals surface area contributed by atoms with Crippen LogP contribution in [0.4, 0.5) is 4.39 Å². The van der Waals surface area contributed by atoms with Crippen LogP contribution in [0, 0.1) is 5.82 Å². The Balaban J connectivity index is 2.40. The van der Waals surface area contributed by atoms with E-state index >= 15 is 0 Å². The Morgan fingerprint density at radius 2 is 2.21 bits per heavy atom. The first kappa shape index (κ1) is 14.2. The Morgan fingerprint density at radius 3 is 2.89 bits per heavy atom. The zero-order chi connectivity index (χ0) is 13.7. The summed E-state index contributed by atoms with van der Waals surface area (Å²) in [4.78, 5) is 4.14. The van der Waals surface area contributed by atoms with Gasteiger partial charge in [0, 0.05) is 16.9 Å². The second-order valence-corrected chi connectivity index (χ2v) is 5.19. The maximum Gasteiger partial charge on any atom is 0.123 e. The van der Waals surface area contributed by atoms with Crippen LogP contribution in [-0.2, 0) is 0 Å². The highest BCUT2D eigenvalue weighted by molar-refractivity contribution is 9.10. The minimum Gasteiger partial charge on any atom is -0.306 e. The Morgan fingerprint density at radius 1 is 1.37 bits per heavy atom. The van der Waals surface area contributed by atoms with Crippen molar-refractivity contribution in [3.63, 3.8) is 0 Å². The molecule has 1 aromatic carbocycles. The maximum atomic E-state index is 13.5. The van der Waals surface area contributed by atoms with Crippen LogP contribution in [0.25, 0.3) is 0 Å². The number of rotatable bonds is 5. The standard InChI is InChI=1S/C15H16BrFN2/c1-2-7-19-15(11-4-3-8-18-10-11)13-9-12(17)5-6-14(13)16/h3-6,8-10,15,19H,2,7H2,1H3. The van der Waals surface area contributed by atoms with Gasteiger partial charge < -0.3 is 5.32 Å². The first-order chi connectivity index (χ1) is 9.22. The molecule has 0 aliphatic rings. The predicted molar refractivity (Wildman–Crippen MR) is 78.5 cm³/mol. The summed E-state index contributed by atoms with van der Waals surface area (Å²) in [7, 11) is 0. The van der Waals surface area contributed by atoms with Gasteiger partial charge in [0.15, 0.2) is 0 Å². The average molecular weight is 323 g/mol. The summed E-state index contributed by atoms with van der Waals surface area (Å²) in [6, 6.07) is 8.58. The van der Waals surface area contributed by atoms with E-state index in [1.54, 1.807) is 18.3 Å². The van der Waals surface area contributed by atoms with E-state index < -0.39 is 0 Å². The van der Waals surface area contributed by atoms with Crippen LogP contribution in [0.5, 0.6) is 0 Å². The fourth-order valence-electron chi connectivity index (χ4n) is 1.98. The molecule has 0 fully saturated rings. The van der Waals surface area contributed by atoms with E-state index in [1.807, 2.05) is 18.3 Å². The van der Waals surface area contributed by atoms with Gasteiger partial charge in [-0.2, -0.15) is 0 Å². The number of pyridine rings is 1. The topological polar surface area (TPSA) is 24.9 Å². The van der Waals surface area contributed by atoms with Gasteiger partial charge in [-0.05, 0) is 48.4 Å². The molecular weight excluding hydrogens is 307 g/mol. The number of hydrogen-bond acceptors (Lipinski definition) is 2. The highest BCUT2D eigenvalue weighted by Gasteiger charge is 2.16. The van der Waals surface area contributed by atoms with Crippen LogP contribution in [0.3, 0.4) is 0 Å². The minimum atomic E-state index is -0.231. The van der Waals surface area contributed by atoms with Gasteiger partial charge in [0.25, 0.3) is 0 Å². The monoisotopic (exact) mass is 322 g/mol. The average Bonchev–Trinajstić information content (AvgIpc) is 2.44. The van der Waals surface area contributed by atoms with E-state index in [0.717, 1.165) is 28.6 Å². The smallest absolute Gasteiger partial charge is 0.123 e. The van der Waals surface area contributed by atoms with E-state index in [9.17, 15) is 4.39 Å². The van der Waals surface area contributed by atoms with Crippen molar-refractivity contribution in [1.82, 2.24) is 10.3 Å². The van der Waals surface area contributed by atoms with Gasteiger partial charge in [-0.1, -0.05) is 28.9 Å². The normalized spacial score (nSPS) is 12.4. The third kappa shape index (κ3) is 3.61. The molecule has 2 nitrogen and oxygen atoms in total. The summed E-state index contributed by atoms with van der Waals surface area (Å²) < 4.78 is 14.4. The summed E-state index contributed by atoms with van der Waals surface area (Å²) >= 11 is 3.49. The molecule has 1 unspecified atom stereocenters. The van der Waals surface area contributed by atoms with Gasteiger partial charge in [-0.25, -0.2) is 4.39 Å². The molecule has 1 heterocycles. The van der Waals surface area contributed by atoms with Crippen molar-refractivity contribution in [3.05, 3.63) is 64.1 Å². The molecule has 100 valence electrons. The number of benzene rings is 1. The SMILES string of the molecule is CCCNC(c1cccnc1)c1cc(F)ccc1Br. The fraction of sp³-hybridized carbons (Fsp3) is 0.267. The van der Waals surface area contributed by atoms with Crippen molar-refractivity contribution in [3.8, 4) is 0 Å². The van der Waals surface area contributed by atoms with Crippen LogP contribution in [-0.4, -0.2) is 11.5 Å². The van der Waals surface area contributed by atoms with E-state index in [-0.39, 0.29) is 11.9 Å². The Labute approximate surface area is 121 Å². The Hall–Kier alpha value is -1.26. The molecule has 0 aliphatic carbocycles. The van der Waals surface area contributed by atoms with Crippen LogP contribution < -0.4 is 5.32 Å². The molecule has 0 spiro atoms. The lowest BCUT2D eigenvalue weighted by molar-refractivity contribution is 0.582. The first-order valence-electron chi connectivity index (χ1n) is 6.30. The van der Waals surface area contributed by atoms with Crippen molar-refractivity contribution >= 4 is 15.9 Å². The van der Waals surface area contributed by atoms with E-state index in [1.165, 1.54) is 6.07 Å². The molecule has 1 aromatic heterocycles. The molecule has 2 aromatic rings. The van der Waals surface area contributed by atoms with E-state index in [2.05, 4.69) is 33.2 Å². The van der Waals surface area contributed by atoms with Crippen LogP contribution >= 0.6 is 15.9 Å². The first-order valence-corrected chi connectivity index (χ1v) is 7.10. The molecule has 1 N–H and O–H groups in total. The van der Waals surface area contributed by atoms with Crippen LogP contribution in [0.1, 0.15) is 30.5 Å². The lowest BCUT2D eigenvalue weighted by Gasteiger charge is -2.20. The van der Waals surface area contributed by atoms with Crippen LogP contribution in [0.15, 0.2) is 47.2 Å². The fourth-order valence-corrected chi connectivity index (χ4v) is 2.45. The van der Waals surface area contributed by atoms with Gasteiger partial charge in [-0.15, -0.1) is 0 Å². The third-order valence-electron chi connectivity index (χ3n) is 2.89. The number of nitrogens with one attached hydrogen (secondary N) is 1. The Bertz CT molecular complexity index is 531. The predicted octanol–water partition coefficient (Wildman–Crippen LogP) is 4.07. The van der Waals surface area contributed by atoms with Crippen molar-refractivity contribution in [2.75, 3.05) is 6.54 Å². The van der Waals surface area contributed by atoms with Gasteiger partial charge in [0.2, 0.25) is 0 Å². The molecule has 2 rings (SSSR count). The Kier molecular flexibility index (Phi) is 5.05. The second-order valence-electron chi connectivity index (χ2n) is 4.34. The molecule has 0 amide bonds. The number of halogens is 2. The molecule has 0 aliphatic heterocycles. The second kappa shape index (κ2) is 6.78. The van der Waals surface area contributed by atoms with E-state index in [4.69, 9.17) is 0 Å². The zero-order valence-electron chi connectivity index (χ0n) is 10.7. The van der Waals surface area contributed by atoms with Gasteiger partial charge in [0.1, 0.15) is 5.82 Å². The van der Waals surface area contributed by atoms with Crippen LogP contribution in [0.2, 0.25) is 0 Å². The van der Waals surface area contributed by atoms with Gasteiger partial charge >= 0.3 is 0 Å². The van der Waals surface area contributed by atoms with Crippen molar-refractivity contribution < 1.29 is 4.39 Å². The summed E-state index contributed by atoms with van der Waals surface area (Å²) in [5.74, 6) is -0.231. The highest BCUT2D eigenvalue weighted by Crippen LogP contribution is 2.29. The number of aromatic nitrogens is 1. The number of nitrogens with zero attached hydrogens (tertiary/aromatic N) is 1.